The monoisotopic (exact) mass is 422 g/mol. The Hall–Kier alpha value is -2.36. The minimum Gasteiger partial charge on any atom is -0.494 e. The van der Waals surface area contributed by atoms with E-state index in [0.717, 1.165) is 35.7 Å². The lowest BCUT2D eigenvalue weighted by Gasteiger charge is -2.42. The Kier molecular flexibility index (Phi) is 5.61. The van der Waals surface area contributed by atoms with Crippen LogP contribution >= 0.6 is 0 Å². The van der Waals surface area contributed by atoms with Crippen LogP contribution in [0.25, 0.3) is 0 Å². The number of Topliss-reactive ketones (excluding diaryl/α,β-unsaturated/α-hetero) is 2. The first kappa shape index (κ1) is 21.9. The van der Waals surface area contributed by atoms with E-state index in [0.29, 0.717) is 43.4 Å². The van der Waals surface area contributed by atoms with Gasteiger partial charge in [-0.1, -0.05) is 53.2 Å². The number of hydrogen-bond acceptors (Lipinski definition) is 4. The second kappa shape index (κ2) is 7.96. The SMILES string of the molecule is CCCCOc1ccc(C2C3=C(CC(C)(C)CC3=O)OC3=C2C(=O)CC(C)(C)C3)cc1. The number of carbonyl (C=O) groups excluding carboxylic acids is 2. The van der Waals surface area contributed by atoms with Gasteiger partial charge in [-0.05, 0) is 34.9 Å². The first-order valence-electron chi connectivity index (χ1n) is 11.5. The Morgan fingerprint density at radius 1 is 0.871 bits per heavy atom. The first-order valence-corrected chi connectivity index (χ1v) is 11.5. The van der Waals surface area contributed by atoms with Gasteiger partial charge in [-0.2, -0.15) is 0 Å². The van der Waals surface area contributed by atoms with Crippen LogP contribution in [-0.2, 0) is 14.3 Å². The molecule has 31 heavy (non-hydrogen) atoms. The standard InChI is InChI=1S/C27H34O4/c1-6-7-12-30-18-10-8-17(9-11-18)23-24-19(28)13-26(2,3)15-21(24)31-22-16-27(4,5)14-20(29)25(22)23/h8-11,23H,6-7,12-16H2,1-5H3. The van der Waals surface area contributed by atoms with Crippen LogP contribution in [-0.4, -0.2) is 18.2 Å². The minimum absolute atomic E-state index is 0.101. The van der Waals surface area contributed by atoms with E-state index in [1.807, 2.05) is 24.3 Å². The van der Waals surface area contributed by atoms with Gasteiger partial charge in [0.15, 0.2) is 11.6 Å². The molecule has 0 aromatic heterocycles. The molecule has 0 amide bonds. The number of rotatable bonds is 5. The zero-order valence-electron chi connectivity index (χ0n) is 19.5. The summed E-state index contributed by atoms with van der Waals surface area (Å²) in [6.07, 6.45) is 4.49. The molecule has 1 aromatic carbocycles. The van der Waals surface area contributed by atoms with Gasteiger partial charge in [-0.25, -0.2) is 0 Å². The third kappa shape index (κ3) is 4.35. The molecule has 4 heteroatoms. The number of ether oxygens (including phenoxy) is 2. The summed E-state index contributed by atoms with van der Waals surface area (Å²) in [5.74, 6) is 2.21. The average molecular weight is 423 g/mol. The maximum absolute atomic E-state index is 13.3. The van der Waals surface area contributed by atoms with Crippen LogP contribution in [0.15, 0.2) is 46.9 Å². The van der Waals surface area contributed by atoms with E-state index >= 15 is 0 Å². The normalized spacial score (nSPS) is 22.7. The number of hydrogen-bond donors (Lipinski definition) is 0. The van der Waals surface area contributed by atoms with Crippen molar-refractivity contribution in [3.05, 3.63) is 52.5 Å². The van der Waals surface area contributed by atoms with Crippen molar-refractivity contribution < 1.29 is 19.1 Å². The summed E-state index contributed by atoms with van der Waals surface area (Å²) in [7, 11) is 0. The van der Waals surface area contributed by atoms with Crippen LogP contribution in [0.2, 0.25) is 0 Å². The molecule has 4 nitrogen and oxygen atoms in total. The Balaban J connectivity index is 1.76. The highest BCUT2D eigenvalue weighted by Gasteiger charge is 2.47. The largest absolute Gasteiger partial charge is 0.494 e. The molecule has 0 unspecified atom stereocenters. The average Bonchev–Trinajstić information content (AvgIpc) is 2.65. The van der Waals surface area contributed by atoms with Crippen LogP contribution < -0.4 is 4.74 Å². The lowest BCUT2D eigenvalue weighted by Crippen LogP contribution is -2.37. The van der Waals surface area contributed by atoms with Gasteiger partial charge in [-0.3, -0.25) is 9.59 Å². The summed E-state index contributed by atoms with van der Waals surface area (Å²) in [5, 5.41) is 0. The number of unbranched alkanes of at least 4 members (excludes halogenated alkanes) is 1. The molecule has 0 N–H and O–H groups in total. The van der Waals surface area contributed by atoms with Crippen molar-refractivity contribution in [3.63, 3.8) is 0 Å². The predicted octanol–water partition coefficient (Wildman–Crippen LogP) is 6.27. The molecule has 166 valence electrons. The zero-order chi connectivity index (χ0) is 22.4. The van der Waals surface area contributed by atoms with Crippen LogP contribution in [0.3, 0.4) is 0 Å². The van der Waals surface area contributed by atoms with E-state index in [-0.39, 0.29) is 28.3 Å². The molecule has 0 fully saturated rings. The van der Waals surface area contributed by atoms with Crippen LogP contribution in [0.4, 0.5) is 0 Å². The number of carbonyl (C=O) groups is 2. The third-order valence-electron chi connectivity index (χ3n) is 6.56. The van der Waals surface area contributed by atoms with E-state index < -0.39 is 0 Å². The van der Waals surface area contributed by atoms with Crippen molar-refractivity contribution in [2.24, 2.45) is 10.8 Å². The van der Waals surface area contributed by atoms with Gasteiger partial charge in [-0.15, -0.1) is 0 Å². The molecular formula is C27H34O4. The van der Waals surface area contributed by atoms with E-state index in [2.05, 4.69) is 34.6 Å². The molecule has 0 saturated carbocycles. The van der Waals surface area contributed by atoms with Crippen molar-refractivity contribution >= 4 is 11.6 Å². The lowest BCUT2D eigenvalue weighted by molar-refractivity contribution is -0.120. The Labute approximate surface area is 185 Å². The molecule has 0 bridgehead atoms. The molecule has 1 aliphatic heterocycles. The molecule has 0 saturated heterocycles. The van der Waals surface area contributed by atoms with Crippen LogP contribution in [0.1, 0.15) is 84.6 Å². The molecule has 0 spiro atoms. The summed E-state index contributed by atoms with van der Waals surface area (Å²) in [6.45, 7) is 11.3. The third-order valence-corrected chi connectivity index (χ3v) is 6.56. The fourth-order valence-electron chi connectivity index (χ4n) is 5.10. The maximum Gasteiger partial charge on any atom is 0.163 e. The topological polar surface area (TPSA) is 52.6 Å². The molecule has 3 aliphatic rings. The van der Waals surface area contributed by atoms with Crippen LogP contribution in [0, 0.1) is 10.8 Å². The summed E-state index contributed by atoms with van der Waals surface area (Å²) in [4.78, 5) is 26.6. The minimum atomic E-state index is -0.337. The molecule has 4 rings (SSSR count). The zero-order valence-corrected chi connectivity index (χ0v) is 19.5. The maximum atomic E-state index is 13.3. The lowest BCUT2D eigenvalue weighted by atomic mass is 9.65. The van der Waals surface area contributed by atoms with Gasteiger partial charge in [0, 0.05) is 42.7 Å². The van der Waals surface area contributed by atoms with E-state index in [4.69, 9.17) is 9.47 Å². The second-order valence-corrected chi connectivity index (χ2v) is 10.9. The van der Waals surface area contributed by atoms with Crippen molar-refractivity contribution in [1.29, 1.82) is 0 Å². The number of ketones is 2. The molecule has 1 aromatic rings. The fraction of sp³-hybridized carbons (Fsp3) is 0.556. The van der Waals surface area contributed by atoms with Crippen molar-refractivity contribution in [2.45, 2.75) is 79.1 Å². The molecule has 0 atom stereocenters. The Morgan fingerprint density at radius 2 is 1.39 bits per heavy atom. The smallest absolute Gasteiger partial charge is 0.163 e. The highest BCUT2D eigenvalue weighted by molar-refractivity contribution is 6.06. The van der Waals surface area contributed by atoms with Gasteiger partial charge >= 0.3 is 0 Å². The summed E-state index contributed by atoms with van der Waals surface area (Å²) in [5.41, 5.74) is 2.07. The van der Waals surface area contributed by atoms with E-state index in [1.165, 1.54) is 0 Å². The first-order chi connectivity index (χ1) is 14.6. The highest BCUT2D eigenvalue weighted by atomic mass is 16.5. The molecular weight excluding hydrogens is 388 g/mol. The van der Waals surface area contributed by atoms with Crippen molar-refractivity contribution in [3.8, 4) is 5.75 Å². The van der Waals surface area contributed by atoms with Crippen molar-refractivity contribution in [1.82, 2.24) is 0 Å². The van der Waals surface area contributed by atoms with E-state index in [9.17, 15) is 9.59 Å². The van der Waals surface area contributed by atoms with E-state index in [1.54, 1.807) is 0 Å². The fourth-order valence-corrected chi connectivity index (χ4v) is 5.10. The highest BCUT2D eigenvalue weighted by Crippen LogP contribution is 2.53. The van der Waals surface area contributed by atoms with Gasteiger partial charge in [0.05, 0.1) is 6.61 Å². The Bertz CT molecular complexity index is 907. The molecule has 2 aliphatic carbocycles. The molecule has 1 heterocycles. The molecule has 0 radical (unpaired) electrons. The quantitative estimate of drug-likeness (QED) is 0.525. The Morgan fingerprint density at radius 3 is 1.87 bits per heavy atom. The second-order valence-electron chi connectivity index (χ2n) is 10.9. The summed E-state index contributed by atoms with van der Waals surface area (Å²) >= 11 is 0. The number of allylic oxidation sites excluding steroid dienone is 4. The van der Waals surface area contributed by atoms with Gasteiger partial charge in [0.25, 0.3) is 0 Å². The predicted molar refractivity (Wildman–Crippen MR) is 121 cm³/mol. The summed E-state index contributed by atoms with van der Waals surface area (Å²) < 4.78 is 12.2. The van der Waals surface area contributed by atoms with Crippen LogP contribution in [0.5, 0.6) is 5.75 Å². The summed E-state index contributed by atoms with van der Waals surface area (Å²) in [6, 6.07) is 7.92. The van der Waals surface area contributed by atoms with Gasteiger partial charge in [0.1, 0.15) is 17.3 Å². The van der Waals surface area contributed by atoms with Gasteiger partial charge < -0.3 is 9.47 Å². The van der Waals surface area contributed by atoms with Gasteiger partial charge in [0.2, 0.25) is 0 Å². The number of benzene rings is 1. The van der Waals surface area contributed by atoms with Crippen molar-refractivity contribution in [2.75, 3.05) is 6.61 Å².